The summed E-state index contributed by atoms with van der Waals surface area (Å²) < 4.78 is 21.0. The maximum Gasteiger partial charge on any atom is 0.203 e. The van der Waals surface area contributed by atoms with Crippen LogP contribution in [0.25, 0.3) is 0 Å². The molecule has 1 atom stereocenters. The number of rotatable bonds is 5. The number of hydrogen-bond donors (Lipinski definition) is 1. The topological polar surface area (TPSA) is 61.1 Å². The minimum atomic E-state index is -0.926. The van der Waals surface area contributed by atoms with Crippen molar-refractivity contribution in [1.82, 2.24) is 0 Å². The lowest BCUT2D eigenvalue weighted by Crippen LogP contribution is -2.04. The number of methoxy groups -OCH3 is 3. The third-order valence-corrected chi connectivity index (χ3v) is 2.84. The second-order valence-corrected chi connectivity index (χ2v) is 3.84. The number of aliphatic hydroxyl groups is 1. The van der Waals surface area contributed by atoms with Gasteiger partial charge in [0.25, 0.3) is 0 Å². The normalized spacial score (nSPS) is 12.0. The summed E-state index contributed by atoms with van der Waals surface area (Å²) in [4.78, 5) is 0. The van der Waals surface area contributed by atoms with E-state index >= 15 is 0 Å². The lowest BCUT2D eigenvalue weighted by molar-refractivity contribution is 0.183. The minimum Gasteiger partial charge on any atom is -0.493 e. The van der Waals surface area contributed by atoms with Gasteiger partial charge in [-0.2, -0.15) is 0 Å². The Kier molecular flexibility index (Phi) is 3.97. The number of benzene rings is 1. The first-order valence-corrected chi connectivity index (χ1v) is 5.73. The van der Waals surface area contributed by atoms with Gasteiger partial charge in [0.05, 0.1) is 27.6 Å². The lowest BCUT2D eigenvalue weighted by Gasteiger charge is -2.17. The first-order valence-electron chi connectivity index (χ1n) is 5.73. The Bertz CT molecular complexity index is 533. The van der Waals surface area contributed by atoms with E-state index in [1.807, 2.05) is 0 Å². The van der Waals surface area contributed by atoms with Gasteiger partial charge in [0, 0.05) is 5.56 Å². The van der Waals surface area contributed by atoms with Crippen molar-refractivity contribution in [3.05, 3.63) is 41.9 Å². The highest BCUT2D eigenvalue weighted by Gasteiger charge is 2.23. The van der Waals surface area contributed by atoms with Gasteiger partial charge in [0.1, 0.15) is 11.9 Å². The third-order valence-electron chi connectivity index (χ3n) is 2.84. The molecule has 0 aliphatic rings. The molecule has 0 amide bonds. The number of hydrogen-bond acceptors (Lipinski definition) is 5. The summed E-state index contributed by atoms with van der Waals surface area (Å²) in [5.74, 6) is 1.83. The highest BCUT2D eigenvalue weighted by Crippen LogP contribution is 2.43. The standard InChI is InChI=1S/C14H16O5/c1-16-11-7-6-9(13(17-2)14(11)18-3)12(15)10-5-4-8-19-10/h4-8,12,15H,1-3H3. The molecular weight excluding hydrogens is 248 g/mol. The van der Waals surface area contributed by atoms with E-state index in [1.165, 1.54) is 20.5 Å². The predicted octanol–water partition coefficient (Wildman–Crippen LogP) is 2.39. The van der Waals surface area contributed by atoms with Crippen LogP contribution in [0.5, 0.6) is 17.2 Å². The first-order chi connectivity index (χ1) is 9.22. The Morgan fingerprint density at radius 2 is 1.74 bits per heavy atom. The molecule has 1 aromatic carbocycles. The fourth-order valence-electron chi connectivity index (χ4n) is 1.94. The van der Waals surface area contributed by atoms with Gasteiger partial charge in [-0.25, -0.2) is 0 Å². The van der Waals surface area contributed by atoms with Crippen molar-refractivity contribution in [2.45, 2.75) is 6.10 Å². The Hall–Kier alpha value is -2.14. The highest BCUT2D eigenvalue weighted by atomic mass is 16.5. The van der Waals surface area contributed by atoms with Gasteiger partial charge in [-0.3, -0.25) is 0 Å². The fraction of sp³-hybridized carbons (Fsp3) is 0.286. The van der Waals surface area contributed by atoms with Crippen molar-refractivity contribution in [1.29, 1.82) is 0 Å². The van der Waals surface area contributed by atoms with E-state index in [-0.39, 0.29) is 0 Å². The molecule has 0 saturated carbocycles. The van der Waals surface area contributed by atoms with Gasteiger partial charge in [0.2, 0.25) is 5.75 Å². The van der Waals surface area contributed by atoms with E-state index in [1.54, 1.807) is 31.4 Å². The molecule has 0 fully saturated rings. The average molecular weight is 264 g/mol. The van der Waals surface area contributed by atoms with Crippen LogP contribution in [0.1, 0.15) is 17.4 Å². The van der Waals surface area contributed by atoms with Crippen LogP contribution in [0.4, 0.5) is 0 Å². The van der Waals surface area contributed by atoms with Crippen LogP contribution in [0.2, 0.25) is 0 Å². The molecule has 0 radical (unpaired) electrons. The summed E-state index contributed by atoms with van der Waals surface area (Å²) in [5, 5.41) is 10.3. The molecule has 0 saturated heterocycles. The number of furan rings is 1. The number of aliphatic hydroxyl groups excluding tert-OH is 1. The van der Waals surface area contributed by atoms with E-state index in [4.69, 9.17) is 18.6 Å². The van der Waals surface area contributed by atoms with Crippen LogP contribution < -0.4 is 14.2 Å². The molecule has 0 bridgehead atoms. The van der Waals surface area contributed by atoms with Crippen molar-refractivity contribution in [2.24, 2.45) is 0 Å². The molecule has 102 valence electrons. The van der Waals surface area contributed by atoms with Crippen molar-refractivity contribution in [2.75, 3.05) is 21.3 Å². The summed E-state index contributed by atoms with van der Waals surface area (Å²) in [6.07, 6.45) is 0.580. The van der Waals surface area contributed by atoms with Gasteiger partial charge in [0.15, 0.2) is 11.5 Å². The zero-order chi connectivity index (χ0) is 13.8. The zero-order valence-corrected chi connectivity index (χ0v) is 11.0. The van der Waals surface area contributed by atoms with Crippen LogP contribution in [0.3, 0.4) is 0 Å². The van der Waals surface area contributed by atoms with Gasteiger partial charge >= 0.3 is 0 Å². The van der Waals surface area contributed by atoms with E-state index in [0.717, 1.165) is 0 Å². The lowest BCUT2D eigenvalue weighted by atomic mass is 10.0. The smallest absolute Gasteiger partial charge is 0.203 e. The van der Waals surface area contributed by atoms with Crippen molar-refractivity contribution in [3.63, 3.8) is 0 Å². The quantitative estimate of drug-likeness (QED) is 0.898. The van der Waals surface area contributed by atoms with Crippen LogP contribution in [-0.4, -0.2) is 26.4 Å². The second-order valence-electron chi connectivity index (χ2n) is 3.84. The average Bonchev–Trinajstić information content (AvgIpc) is 2.98. The Balaban J connectivity index is 2.51. The predicted molar refractivity (Wildman–Crippen MR) is 68.9 cm³/mol. The molecule has 1 unspecified atom stereocenters. The summed E-state index contributed by atoms with van der Waals surface area (Å²) in [6, 6.07) is 6.84. The van der Waals surface area contributed by atoms with Crippen molar-refractivity contribution >= 4 is 0 Å². The van der Waals surface area contributed by atoms with Crippen molar-refractivity contribution < 1.29 is 23.7 Å². The van der Waals surface area contributed by atoms with Crippen LogP contribution in [0.15, 0.2) is 34.9 Å². The van der Waals surface area contributed by atoms with Gasteiger partial charge < -0.3 is 23.7 Å². The molecule has 1 aromatic heterocycles. The largest absolute Gasteiger partial charge is 0.493 e. The molecule has 19 heavy (non-hydrogen) atoms. The summed E-state index contributed by atoms with van der Waals surface area (Å²) in [6.45, 7) is 0. The molecule has 1 N–H and O–H groups in total. The molecule has 5 nitrogen and oxygen atoms in total. The minimum absolute atomic E-state index is 0.422. The van der Waals surface area contributed by atoms with Crippen molar-refractivity contribution in [3.8, 4) is 17.2 Å². The molecule has 1 heterocycles. The monoisotopic (exact) mass is 264 g/mol. The fourth-order valence-corrected chi connectivity index (χ4v) is 1.94. The Morgan fingerprint density at radius 1 is 1.00 bits per heavy atom. The highest BCUT2D eigenvalue weighted by molar-refractivity contribution is 5.57. The van der Waals surface area contributed by atoms with Crippen LogP contribution in [-0.2, 0) is 0 Å². The maximum absolute atomic E-state index is 10.3. The SMILES string of the molecule is COc1ccc(C(O)c2ccco2)c(OC)c1OC. The van der Waals surface area contributed by atoms with E-state index < -0.39 is 6.10 Å². The molecular formula is C14H16O5. The van der Waals surface area contributed by atoms with E-state index in [9.17, 15) is 5.11 Å². The molecule has 2 rings (SSSR count). The number of ether oxygens (including phenoxy) is 3. The Labute approximate surface area is 111 Å². The Morgan fingerprint density at radius 3 is 2.26 bits per heavy atom. The van der Waals surface area contributed by atoms with Crippen LogP contribution >= 0.6 is 0 Å². The molecule has 2 aromatic rings. The van der Waals surface area contributed by atoms with Gasteiger partial charge in [-0.15, -0.1) is 0 Å². The van der Waals surface area contributed by atoms with Gasteiger partial charge in [-0.1, -0.05) is 0 Å². The summed E-state index contributed by atoms with van der Waals surface area (Å²) >= 11 is 0. The third kappa shape index (κ3) is 2.37. The zero-order valence-electron chi connectivity index (χ0n) is 11.0. The van der Waals surface area contributed by atoms with E-state index in [2.05, 4.69) is 0 Å². The molecule has 0 spiro atoms. The molecule has 5 heteroatoms. The first kappa shape index (κ1) is 13.3. The molecule has 0 aliphatic heterocycles. The second kappa shape index (κ2) is 5.67. The summed E-state index contributed by atoms with van der Waals surface area (Å²) in [5.41, 5.74) is 0.551. The summed E-state index contributed by atoms with van der Waals surface area (Å²) in [7, 11) is 4.57. The van der Waals surface area contributed by atoms with Gasteiger partial charge in [-0.05, 0) is 24.3 Å². The molecule has 0 aliphatic carbocycles. The van der Waals surface area contributed by atoms with E-state index in [0.29, 0.717) is 28.6 Å². The van der Waals surface area contributed by atoms with Crippen LogP contribution in [0, 0.1) is 0 Å². The maximum atomic E-state index is 10.3.